The molecule has 1 aromatic rings. The van der Waals surface area contributed by atoms with Gasteiger partial charge in [-0.1, -0.05) is 0 Å². The van der Waals surface area contributed by atoms with Gasteiger partial charge in [0.05, 0.1) is 6.10 Å². The van der Waals surface area contributed by atoms with Crippen LogP contribution in [0.5, 0.6) is 0 Å². The molecular weight excluding hydrogens is 258 g/mol. The van der Waals surface area contributed by atoms with Crippen LogP contribution in [-0.4, -0.2) is 64.7 Å². The lowest BCUT2D eigenvalue weighted by Gasteiger charge is -2.26. The van der Waals surface area contributed by atoms with Crippen molar-refractivity contribution in [2.45, 2.75) is 18.6 Å². The Labute approximate surface area is 118 Å². The Kier molecular flexibility index (Phi) is 4.25. The number of amides is 1. The van der Waals surface area contributed by atoms with Gasteiger partial charge in [-0.3, -0.25) is 9.59 Å². The van der Waals surface area contributed by atoms with Crippen molar-refractivity contribution in [3.8, 4) is 0 Å². The minimum Gasteiger partial charge on any atom is -0.391 e. The summed E-state index contributed by atoms with van der Waals surface area (Å²) in [5.41, 5.74) is 0.172. The van der Waals surface area contributed by atoms with E-state index in [-0.39, 0.29) is 17.5 Å². The summed E-state index contributed by atoms with van der Waals surface area (Å²) in [5.74, 6) is -0.189. The Morgan fingerprint density at radius 2 is 2.20 bits per heavy atom. The summed E-state index contributed by atoms with van der Waals surface area (Å²) in [7, 11) is 5.52. The maximum absolute atomic E-state index is 12.5. The van der Waals surface area contributed by atoms with E-state index >= 15 is 0 Å². The van der Waals surface area contributed by atoms with E-state index in [4.69, 9.17) is 0 Å². The Hall–Kier alpha value is -1.66. The Bertz CT molecular complexity index is 553. The molecular formula is C14H21N3O3. The number of nitrogens with zero attached hydrogens (tertiary/aromatic N) is 3. The number of aliphatic hydroxyl groups excluding tert-OH is 1. The zero-order valence-electron chi connectivity index (χ0n) is 12.1. The van der Waals surface area contributed by atoms with E-state index in [0.717, 1.165) is 0 Å². The molecule has 1 aliphatic rings. The van der Waals surface area contributed by atoms with Crippen LogP contribution in [-0.2, 0) is 7.05 Å². The Morgan fingerprint density at radius 1 is 1.50 bits per heavy atom. The molecule has 1 aromatic heterocycles. The van der Waals surface area contributed by atoms with Gasteiger partial charge in [0, 0.05) is 44.0 Å². The summed E-state index contributed by atoms with van der Waals surface area (Å²) >= 11 is 0. The number of rotatable bonds is 3. The molecule has 110 valence electrons. The Morgan fingerprint density at radius 3 is 2.80 bits per heavy atom. The first-order valence-electron chi connectivity index (χ1n) is 6.69. The van der Waals surface area contributed by atoms with Crippen LogP contribution in [0.4, 0.5) is 0 Å². The predicted molar refractivity (Wildman–Crippen MR) is 75.7 cm³/mol. The highest BCUT2D eigenvalue weighted by Gasteiger charge is 2.34. The van der Waals surface area contributed by atoms with Crippen LogP contribution in [0, 0.1) is 0 Å². The molecule has 0 spiro atoms. The highest BCUT2D eigenvalue weighted by atomic mass is 16.3. The standard InChI is InChI=1S/C14H21N3O3/c1-15(2)8-11-7-12(18)9-17(11)14(20)10-4-5-16(3)13(19)6-10/h4-6,11-12,18H,7-9H2,1-3H3. The number of aliphatic hydroxyl groups is 1. The molecule has 0 radical (unpaired) electrons. The van der Waals surface area contributed by atoms with Crippen LogP contribution >= 0.6 is 0 Å². The van der Waals surface area contributed by atoms with Crippen molar-refractivity contribution in [2.24, 2.45) is 7.05 Å². The van der Waals surface area contributed by atoms with E-state index in [1.165, 1.54) is 10.6 Å². The van der Waals surface area contributed by atoms with Crippen molar-refractivity contribution in [3.63, 3.8) is 0 Å². The van der Waals surface area contributed by atoms with Gasteiger partial charge in [0.1, 0.15) is 0 Å². The molecule has 1 amide bonds. The van der Waals surface area contributed by atoms with Gasteiger partial charge in [-0.05, 0) is 26.6 Å². The molecule has 1 aliphatic heterocycles. The third-order valence-electron chi connectivity index (χ3n) is 3.58. The van der Waals surface area contributed by atoms with Crippen LogP contribution in [0.15, 0.2) is 23.1 Å². The first kappa shape index (κ1) is 14.7. The molecule has 0 aromatic carbocycles. The summed E-state index contributed by atoms with van der Waals surface area (Å²) in [6.07, 6.45) is 1.67. The molecule has 2 rings (SSSR count). The van der Waals surface area contributed by atoms with Gasteiger partial charge in [-0.25, -0.2) is 0 Å². The number of aromatic nitrogens is 1. The fourth-order valence-corrected chi connectivity index (χ4v) is 2.58. The van der Waals surface area contributed by atoms with Crippen molar-refractivity contribution < 1.29 is 9.90 Å². The second-order valence-electron chi connectivity index (χ2n) is 5.63. The zero-order valence-corrected chi connectivity index (χ0v) is 12.1. The molecule has 0 bridgehead atoms. The number of carbonyl (C=O) groups is 1. The molecule has 0 saturated carbocycles. The topological polar surface area (TPSA) is 65.8 Å². The molecule has 2 unspecified atom stereocenters. The number of β-amino-alcohol motifs (C(OH)–C–C–N with tert-alkyl or cyclic N) is 1. The highest BCUT2D eigenvalue weighted by Crippen LogP contribution is 2.20. The van der Waals surface area contributed by atoms with E-state index in [1.807, 2.05) is 19.0 Å². The number of pyridine rings is 1. The second-order valence-corrected chi connectivity index (χ2v) is 5.63. The highest BCUT2D eigenvalue weighted by molar-refractivity contribution is 5.94. The molecule has 6 nitrogen and oxygen atoms in total. The van der Waals surface area contributed by atoms with E-state index in [9.17, 15) is 14.7 Å². The average Bonchev–Trinajstić information content (AvgIpc) is 2.72. The third-order valence-corrected chi connectivity index (χ3v) is 3.58. The van der Waals surface area contributed by atoms with Gasteiger partial charge in [0.25, 0.3) is 11.5 Å². The smallest absolute Gasteiger partial charge is 0.254 e. The normalized spacial score (nSPS) is 22.6. The van der Waals surface area contributed by atoms with Crippen molar-refractivity contribution in [1.29, 1.82) is 0 Å². The lowest BCUT2D eigenvalue weighted by atomic mass is 10.1. The number of likely N-dealkylation sites (N-methyl/N-ethyl adjacent to an activating group) is 1. The summed E-state index contributed by atoms with van der Waals surface area (Å²) in [6, 6.07) is 2.97. The summed E-state index contributed by atoms with van der Waals surface area (Å²) in [4.78, 5) is 27.8. The van der Waals surface area contributed by atoms with E-state index < -0.39 is 6.10 Å². The lowest BCUT2D eigenvalue weighted by Crippen LogP contribution is -2.41. The molecule has 1 fully saturated rings. The number of carbonyl (C=O) groups excluding carboxylic acids is 1. The van der Waals surface area contributed by atoms with E-state index in [1.54, 1.807) is 24.2 Å². The largest absolute Gasteiger partial charge is 0.391 e. The Balaban J connectivity index is 2.22. The molecule has 1 saturated heterocycles. The molecule has 20 heavy (non-hydrogen) atoms. The van der Waals surface area contributed by atoms with Gasteiger partial charge in [0.2, 0.25) is 0 Å². The van der Waals surface area contributed by atoms with Crippen LogP contribution in [0.1, 0.15) is 16.8 Å². The quantitative estimate of drug-likeness (QED) is 0.812. The average molecular weight is 279 g/mol. The van der Waals surface area contributed by atoms with Gasteiger partial charge >= 0.3 is 0 Å². The number of likely N-dealkylation sites (tertiary alicyclic amines) is 1. The monoisotopic (exact) mass is 279 g/mol. The van der Waals surface area contributed by atoms with Gasteiger partial charge in [-0.2, -0.15) is 0 Å². The van der Waals surface area contributed by atoms with E-state index in [0.29, 0.717) is 25.1 Å². The number of hydrogen-bond acceptors (Lipinski definition) is 4. The molecule has 6 heteroatoms. The van der Waals surface area contributed by atoms with Gasteiger partial charge in [-0.15, -0.1) is 0 Å². The molecule has 2 atom stereocenters. The number of hydrogen-bond donors (Lipinski definition) is 1. The molecule has 1 N–H and O–H groups in total. The van der Waals surface area contributed by atoms with E-state index in [2.05, 4.69) is 0 Å². The second kappa shape index (κ2) is 5.76. The fourth-order valence-electron chi connectivity index (χ4n) is 2.58. The van der Waals surface area contributed by atoms with Crippen molar-refractivity contribution in [3.05, 3.63) is 34.2 Å². The first-order chi connectivity index (χ1) is 9.38. The van der Waals surface area contributed by atoms with Crippen molar-refractivity contribution in [2.75, 3.05) is 27.2 Å². The molecule has 2 heterocycles. The van der Waals surface area contributed by atoms with Crippen LogP contribution in [0.25, 0.3) is 0 Å². The maximum atomic E-state index is 12.5. The maximum Gasteiger partial charge on any atom is 0.254 e. The van der Waals surface area contributed by atoms with Gasteiger partial charge in [0.15, 0.2) is 0 Å². The summed E-state index contributed by atoms with van der Waals surface area (Å²) in [6.45, 7) is 1.03. The van der Waals surface area contributed by atoms with Crippen LogP contribution in [0.2, 0.25) is 0 Å². The summed E-state index contributed by atoms with van der Waals surface area (Å²) in [5, 5.41) is 9.80. The summed E-state index contributed by atoms with van der Waals surface area (Å²) < 4.78 is 1.42. The molecule has 0 aliphatic carbocycles. The predicted octanol–water partition coefficient (Wildman–Crippen LogP) is -0.478. The number of aryl methyl sites for hydroxylation is 1. The third kappa shape index (κ3) is 3.08. The minimum absolute atomic E-state index is 0.0171. The zero-order chi connectivity index (χ0) is 14.9. The van der Waals surface area contributed by atoms with Crippen LogP contribution in [0.3, 0.4) is 0 Å². The first-order valence-corrected chi connectivity index (χ1v) is 6.69. The van der Waals surface area contributed by atoms with Gasteiger partial charge < -0.3 is 19.5 Å². The SMILES string of the molecule is CN(C)CC1CC(O)CN1C(=O)c1ccn(C)c(=O)c1. The van der Waals surface area contributed by atoms with Crippen LogP contribution < -0.4 is 5.56 Å². The van der Waals surface area contributed by atoms with Crippen molar-refractivity contribution >= 4 is 5.91 Å². The lowest BCUT2D eigenvalue weighted by molar-refractivity contribution is 0.0699. The van der Waals surface area contributed by atoms with Crippen molar-refractivity contribution in [1.82, 2.24) is 14.4 Å². The fraction of sp³-hybridized carbons (Fsp3) is 0.571. The minimum atomic E-state index is -0.490.